The second kappa shape index (κ2) is 8.98. The van der Waals surface area contributed by atoms with Crippen LogP contribution in [-0.2, 0) is 6.42 Å². The zero-order chi connectivity index (χ0) is 14.1. The minimum absolute atomic E-state index is 0.519. The van der Waals surface area contributed by atoms with Crippen LogP contribution in [0.25, 0.3) is 0 Å². The third-order valence-electron chi connectivity index (χ3n) is 3.51. The van der Waals surface area contributed by atoms with E-state index in [0.717, 1.165) is 12.2 Å². The highest BCUT2D eigenvalue weighted by Crippen LogP contribution is 2.13. The molecule has 0 amide bonds. The Morgan fingerprint density at radius 1 is 1.05 bits per heavy atom. The number of benzene rings is 1. The molecule has 0 aliphatic heterocycles. The number of hydrogen-bond acceptors (Lipinski definition) is 2. The average Bonchev–Trinajstić information content (AvgIpc) is 2.39. The van der Waals surface area contributed by atoms with Crippen LogP contribution in [0.1, 0.15) is 52.0 Å². The van der Waals surface area contributed by atoms with Crippen molar-refractivity contribution in [3.05, 3.63) is 29.8 Å². The van der Waals surface area contributed by atoms with Gasteiger partial charge in [0.15, 0.2) is 0 Å². The van der Waals surface area contributed by atoms with E-state index in [0.29, 0.717) is 12.1 Å². The first-order chi connectivity index (χ1) is 9.15. The van der Waals surface area contributed by atoms with Gasteiger partial charge in [-0.2, -0.15) is 0 Å². The van der Waals surface area contributed by atoms with E-state index in [1.807, 2.05) is 12.1 Å². The average molecular weight is 263 g/mol. The number of ether oxygens (including phenoxy) is 1. The van der Waals surface area contributed by atoms with Gasteiger partial charge in [0.2, 0.25) is 0 Å². The van der Waals surface area contributed by atoms with Gasteiger partial charge in [-0.25, -0.2) is 0 Å². The van der Waals surface area contributed by atoms with Gasteiger partial charge < -0.3 is 10.1 Å². The standard InChI is InChI=1S/C17H29NO/c1-5-6-7-8-14(2)18-15(3)13-16-9-11-17(19-4)12-10-16/h9-12,14-15,18H,5-8,13H2,1-4H3. The summed E-state index contributed by atoms with van der Waals surface area (Å²) in [7, 11) is 1.71. The lowest BCUT2D eigenvalue weighted by Crippen LogP contribution is -2.35. The summed E-state index contributed by atoms with van der Waals surface area (Å²) in [5, 5.41) is 3.68. The zero-order valence-corrected chi connectivity index (χ0v) is 12.9. The number of nitrogens with one attached hydrogen (secondary N) is 1. The van der Waals surface area contributed by atoms with Crippen LogP contribution in [0, 0.1) is 0 Å². The minimum Gasteiger partial charge on any atom is -0.497 e. The Hall–Kier alpha value is -1.02. The fraction of sp³-hybridized carbons (Fsp3) is 0.647. The van der Waals surface area contributed by atoms with Gasteiger partial charge in [0, 0.05) is 12.1 Å². The highest BCUT2D eigenvalue weighted by molar-refractivity contribution is 5.27. The molecule has 2 nitrogen and oxygen atoms in total. The molecule has 2 heteroatoms. The lowest BCUT2D eigenvalue weighted by atomic mass is 10.0. The zero-order valence-electron chi connectivity index (χ0n) is 12.9. The molecule has 2 unspecified atom stereocenters. The van der Waals surface area contributed by atoms with Gasteiger partial charge in [0.05, 0.1) is 7.11 Å². The number of unbranched alkanes of at least 4 members (excludes halogenated alkanes) is 2. The predicted octanol–water partition coefficient (Wildman–Crippen LogP) is 4.18. The molecule has 0 aliphatic carbocycles. The summed E-state index contributed by atoms with van der Waals surface area (Å²) >= 11 is 0. The predicted molar refractivity (Wildman–Crippen MR) is 82.9 cm³/mol. The van der Waals surface area contributed by atoms with Gasteiger partial charge in [-0.05, 0) is 44.4 Å². The summed E-state index contributed by atoms with van der Waals surface area (Å²) in [6, 6.07) is 9.50. The van der Waals surface area contributed by atoms with Crippen LogP contribution in [0.3, 0.4) is 0 Å². The molecular formula is C17H29NO. The fourth-order valence-corrected chi connectivity index (χ4v) is 2.44. The van der Waals surface area contributed by atoms with E-state index in [1.165, 1.54) is 31.2 Å². The number of hydrogen-bond donors (Lipinski definition) is 1. The Morgan fingerprint density at radius 2 is 1.74 bits per heavy atom. The van der Waals surface area contributed by atoms with E-state index < -0.39 is 0 Å². The van der Waals surface area contributed by atoms with Crippen LogP contribution in [0.5, 0.6) is 5.75 Å². The summed E-state index contributed by atoms with van der Waals surface area (Å²) in [6.45, 7) is 6.81. The topological polar surface area (TPSA) is 21.3 Å². The summed E-state index contributed by atoms with van der Waals surface area (Å²) in [5.41, 5.74) is 1.36. The monoisotopic (exact) mass is 263 g/mol. The lowest BCUT2D eigenvalue weighted by Gasteiger charge is -2.20. The lowest BCUT2D eigenvalue weighted by molar-refractivity contribution is 0.414. The molecule has 0 spiro atoms. The number of methoxy groups -OCH3 is 1. The van der Waals surface area contributed by atoms with Crippen molar-refractivity contribution >= 4 is 0 Å². The first-order valence-corrected chi connectivity index (χ1v) is 7.54. The van der Waals surface area contributed by atoms with Gasteiger partial charge in [-0.1, -0.05) is 38.3 Å². The molecule has 19 heavy (non-hydrogen) atoms. The van der Waals surface area contributed by atoms with Crippen molar-refractivity contribution < 1.29 is 4.74 Å². The molecule has 1 aromatic rings. The van der Waals surface area contributed by atoms with E-state index >= 15 is 0 Å². The second-order valence-electron chi connectivity index (χ2n) is 5.52. The van der Waals surface area contributed by atoms with E-state index in [4.69, 9.17) is 4.74 Å². The van der Waals surface area contributed by atoms with Crippen molar-refractivity contribution in [2.24, 2.45) is 0 Å². The van der Waals surface area contributed by atoms with Crippen molar-refractivity contribution in [2.45, 2.75) is 65.0 Å². The van der Waals surface area contributed by atoms with Crippen molar-refractivity contribution in [1.29, 1.82) is 0 Å². The van der Waals surface area contributed by atoms with E-state index in [2.05, 4.69) is 38.2 Å². The van der Waals surface area contributed by atoms with Crippen molar-refractivity contribution in [2.75, 3.05) is 7.11 Å². The molecule has 108 valence electrons. The molecule has 0 saturated carbocycles. The molecular weight excluding hydrogens is 234 g/mol. The smallest absolute Gasteiger partial charge is 0.118 e. The van der Waals surface area contributed by atoms with Crippen LogP contribution in [0.15, 0.2) is 24.3 Å². The Bertz CT molecular complexity index is 334. The normalized spacial score (nSPS) is 14.1. The SMILES string of the molecule is CCCCCC(C)NC(C)Cc1ccc(OC)cc1. The largest absolute Gasteiger partial charge is 0.497 e. The third-order valence-corrected chi connectivity index (χ3v) is 3.51. The van der Waals surface area contributed by atoms with Gasteiger partial charge >= 0.3 is 0 Å². The van der Waals surface area contributed by atoms with Gasteiger partial charge in [0.1, 0.15) is 5.75 Å². The van der Waals surface area contributed by atoms with Crippen molar-refractivity contribution in [3.63, 3.8) is 0 Å². The molecule has 0 radical (unpaired) electrons. The fourth-order valence-electron chi connectivity index (χ4n) is 2.44. The molecule has 0 aromatic heterocycles. The Labute approximate surface area is 118 Å². The van der Waals surface area contributed by atoms with Crippen LogP contribution in [-0.4, -0.2) is 19.2 Å². The van der Waals surface area contributed by atoms with Crippen LogP contribution in [0.2, 0.25) is 0 Å². The maximum absolute atomic E-state index is 5.18. The van der Waals surface area contributed by atoms with Crippen molar-refractivity contribution in [3.8, 4) is 5.75 Å². The first kappa shape index (κ1) is 16.0. The van der Waals surface area contributed by atoms with Gasteiger partial charge in [0.25, 0.3) is 0 Å². The number of rotatable bonds is 9. The molecule has 1 rings (SSSR count). The van der Waals surface area contributed by atoms with Crippen LogP contribution in [0.4, 0.5) is 0 Å². The molecule has 1 N–H and O–H groups in total. The highest BCUT2D eigenvalue weighted by atomic mass is 16.5. The molecule has 0 saturated heterocycles. The van der Waals surface area contributed by atoms with Gasteiger partial charge in [-0.15, -0.1) is 0 Å². The van der Waals surface area contributed by atoms with E-state index in [-0.39, 0.29) is 0 Å². The van der Waals surface area contributed by atoms with Gasteiger partial charge in [-0.3, -0.25) is 0 Å². The molecule has 1 aromatic carbocycles. The van der Waals surface area contributed by atoms with Crippen molar-refractivity contribution in [1.82, 2.24) is 5.32 Å². The molecule has 0 bridgehead atoms. The quantitative estimate of drug-likeness (QED) is 0.675. The van der Waals surface area contributed by atoms with E-state index in [1.54, 1.807) is 7.11 Å². The Morgan fingerprint density at radius 3 is 2.32 bits per heavy atom. The molecule has 0 fully saturated rings. The summed E-state index contributed by atoms with van der Waals surface area (Å²) < 4.78 is 5.18. The second-order valence-corrected chi connectivity index (χ2v) is 5.52. The van der Waals surface area contributed by atoms with Crippen LogP contribution < -0.4 is 10.1 Å². The van der Waals surface area contributed by atoms with E-state index in [9.17, 15) is 0 Å². The first-order valence-electron chi connectivity index (χ1n) is 7.54. The minimum atomic E-state index is 0.519. The van der Waals surface area contributed by atoms with Crippen LogP contribution >= 0.6 is 0 Å². The summed E-state index contributed by atoms with van der Waals surface area (Å²) in [4.78, 5) is 0. The molecule has 2 atom stereocenters. The Kier molecular flexibility index (Phi) is 7.57. The molecule has 0 heterocycles. The maximum Gasteiger partial charge on any atom is 0.118 e. The third kappa shape index (κ3) is 6.63. The Balaban J connectivity index is 2.30. The summed E-state index contributed by atoms with van der Waals surface area (Å²) in [6.07, 6.45) is 6.33. The highest BCUT2D eigenvalue weighted by Gasteiger charge is 2.08. The molecule has 0 aliphatic rings. The summed E-state index contributed by atoms with van der Waals surface area (Å²) in [5.74, 6) is 0.928. The maximum atomic E-state index is 5.18.